The molecule has 2 heteroatoms. The van der Waals surface area contributed by atoms with Crippen LogP contribution in [-0.2, 0) is 11.2 Å². The van der Waals surface area contributed by atoms with E-state index in [9.17, 15) is 0 Å². The highest BCUT2D eigenvalue weighted by molar-refractivity contribution is 5.22. The van der Waals surface area contributed by atoms with E-state index < -0.39 is 0 Å². The lowest BCUT2D eigenvalue weighted by Crippen LogP contribution is -2.22. The van der Waals surface area contributed by atoms with Crippen LogP contribution in [0.15, 0.2) is 24.3 Å². The SMILES string of the molecule is CCCOCCC(CNC)Cc1cccc(C)c1. The summed E-state index contributed by atoms with van der Waals surface area (Å²) in [4.78, 5) is 0. The third-order valence-corrected chi connectivity index (χ3v) is 3.12. The highest BCUT2D eigenvalue weighted by atomic mass is 16.5. The van der Waals surface area contributed by atoms with Gasteiger partial charge in [-0.2, -0.15) is 0 Å². The van der Waals surface area contributed by atoms with Gasteiger partial charge in [-0.25, -0.2) is 0 Å². The fourth-order valence-electron chi connectivity index (χ4n) is 2.23. The zero-order chi connectivity index (χ0) is 13.2. The van der Waals surface area contributed by atoms with Gasteiger partial charge in [-0.15, -0.1) is 0 Å². The van der Waals surface area contributed by atoms with Crippen LogP contribution in [0.4, 0.5) is 0 Å². The van der Waals surface area contributed by atoms with E-state index in [1.165, 1.54) is 11.1 Å². The van der Waals surface area contributed by atoms with Crippen LogP contribution >= 0.6 is 0 Å². The third kappa shape index (κ3) is 6.18. The smallest absolute Gasteiger partial charge is 0.0469 e. The lowest BCUT2D eigenvalue weighted by Gasteiger charge is -2.17. The fourth-order valence-corrected chi connectivity index (χ4v) is 2.23. The molecule has 0 spiro atoms. The molecular weight excluding hydrogens is 222 g/mol. The van der Waals surface area contributed by atoms with E-state index in [1.54, 1.807) is 0 Å². The third-order valence-electron chi connectivity index (χ3n) is 3.12. The van der Waals surface area contributed by atoms with Gasteiger partial charge in [-0.3, -0.25) is 0 Å². The Morgan fingerprint density at radius 3 is 2.78 bits per heavy atom. The monoisotopic (exact) mass is 249 g/mol. The lowest BCUT2D eigenvalue weighted by atomic mass is 9.95. The molecule has 0 aliphatic rings. The van der Waals surface area contributed by atoms with Crippen molar-refractivity contribution in [3.63, 3.8) is 0 Å². The van der Waals surface area contributed by atoms with Crippen LogP contribution in [-0.4, -0.2) is 26.8 Å². The average molecular weight is 249 g/mol. The predicted molar refractivity (Wildman–Crippen MR) is 78.0 cm³/mol. The molecule has 2 nitrogen and oxygen atoms in total. The molecule has 1 rings (SSSR count). The highest BCUT2D eigenvalue weighted by Crippen LogP contribution is 2.13. The van der Waals surface area contributed by atoms with E-state index in [4.69, 9.17) is 4.74 Å². The van der Waals surface area contributed by atoms with E-state index >= 15 is 0 Å². The second-order valence-electron chi connectivity index (χ2n) is 5.02. The number of aryl methyl sites for hydroxylation is 1. The molecule has 102 valence electrons. The molecule has 0 bridgehead atoms. The Kier molecular flexibility index (Phi) is 7.70. The molecule has 0 aliphatic heterocycles. The van der Waals surface area contributed by atoms with Crippen molar-refractivity contribution in [3.8, 4) is 0 Å². The summed E-state index contributed by atoms with van der Waals surface area (Å²) in [5.41, 5.74) is 2.78. The largest absolute Gasteiger partial charge is 0.381 e. The van der Waals surface area contributed by atoms with Crippen molar-refractivity contribution in [2.75, 3.05) is 26.8 Å². The summed E-state index contributed by atoms with van der Waals surface area (Å²) in [5.74, 6) is 0.661. The highest BCUT2D eigenvalue weighted by Gasteiger charge is 2.09. The summed E-state index contributed by atoms with van der Waals surface area (Å²) in [7, 11) is 2.02. The van der Waals surface area contributed by atoms with Gasteiger partial charge in [0.25, 0.3) is 0 Å². The van der Waals surface area contributed by atoms with Gasteiger partial charge < -0.3 is 10.1 Å². The van der Waals surface area contributed by atoms with Gasteiger partial charge in [0.15, 0.2) is 0 Å². The minimum atomic E-state index is 0.661. The van der Waals surface area contributed by atoms with Gasteiger partial charge in [0.05, 0.1) is 0 Å². The van der Waals surface area contributed by atoms with Crippen LogP contribution in [0.3, 0.4) is 0 Å². The first kappa shape index (κ1) is 15.2. The Hall–Kier alpha value is -0.860. The molecule has 1 unspecified atom stereocenters. The van der Waals surface area contributed by atoms with Gasteiger partial charge in [0.2, 0.25) is 0 Å². The summed E-state index contributed by atoms with van der Waals surface area (Å²) in [5, 5.41) is 3.29. The van der Waals surface area contributed by atoms with Crippen molar-refractivity contribution >= 4 is 0 Å². The summed E-state index contributed by atoms with van der Waals surface area (Å²) in [6, 6.07) is 8.81. The molecule has 0 aromatic heterocycles. The van der Waals surface area contributed by atoms with Crippen molar-refractivity contribution in [2.24, 2.45) is 5.92 Å². The van der Waals surface area contributed by atoms with Crippen molar-refractivity contribution in [3.05, 3.63) is 35.4 Å². The predicted octanol–water partition coefficient (Wildman–Crippen LogP) is 3.19. The number of nitrogens with one attached hydrogen (secondary N) is 1. The van der Waals surface area contributed by atoms with Crippen LogP contribution in [0, 0.1) is 12.8 Å². The number of rotatable bonds is 9. The van der Waals surface area contributed by atoms with Crippen LogP contribution in [0.2, 0.25) is 0 Å². The summed E-state index contributed by atoms with van der Waals surface area (Å²) < 4.78 is 5.59. The van der Waals surface area contributed by atoms with Crippen molar-refractivity contribution in [1.82, 2.24) is 5.32 Å². The first-order chi connectivity index (χ1) is 8.76. The summed E-state index contributed by atoms with van der Waals surface area (Å²) >= 11 is 0. The topological polar surface area (TPSA) is 21.3 Å². The van der Waals surface area contributed by atoms with E-state index in [2.05, 4.69) is 43.4 Å². The van der Waals surface area contributed by atoms with Crippen LogP contribution in [0.1, 0.15) is 30.9 Å². The van der Waals surface area contributed by atoms with Crippen LogP contribution in [0.25, 0.3) is 0 Å². The fraction of sp³-hybridized carbons (Fsp3) is 0.625. The van der Waals surface area contributed by atoms with E-state index in [0.29, 0.717) is 5.92 Å². The second kappa shape index (κ2) is 9.12. The number of ether oxygens (including phenoxy) is 1. The molecule has 0 amide bonds. The van der Waals surface area contributed by atoms with Gasteiger partial charge in [-0.1, -0.05) is 36.8 Å². The molecule has 1 aromatic carbocycles. The maximum Gasteiger partial charge on any atom is 0.0469 e. The molecule has 1 atom stereocenters. The summed E-state index contributed by atoms with van der Waals surface area (Å²) in [6.45, 7) is 7.13. The van der Waals surface area contributed by atoms with E-state index in [1.807, 2.05) is 7.05 Å². The lowest BCUT2D eigenvalue weighted by molar-refractivity contribution is 0.120. The molecule has 0 fully saturated rings. The van der Waals surface area contributed by atoms with Crippen molar-refractivity contribution in [2.45, 2.75) is 33.1 Å². The standard InChI is InChI=1S/C16H27NO/c1-4-9-18-10-8-16(13-17-3)12-15-7-5-6-14(2)11-15/h5-7,11,16-17H,4,8-10,12-13H2,1-3H3. The zero-order valence-electron chi connectivity index (χ0n) is 12.0. The Bertz CT molecular complexity index is 325. The van der Waals surface area contributed by atoms with Gasteiger partial charge in [0, 0.05) is 13.2 Å². The normalized spacial score (nSPS) is 12.6. The number of hydrogen-bond donors (Lipinski definition) is 1. The molecule has 1 aromatic rings. The molecule has 18 heavy (non-hydrogen) atoms. The van der Waals surface area contributed by atoms with E-state index in [-0.39, 0.29) is 0 Å². The first-order valence-electron chi connectivity index (χ1n) is 7.04. The van der Waals surface area contributed by atoms with Crippen molar-refractivity contribution < 1.29 is 4.74 Å². The Morgan fingerprint density at radius 2 is 2.11 bits per heavy atom. The average Bonchev–Trinajstić information content (AvgIpc) is 2.35. The Morgan fingerprint density at radius 1 is 1.28 bits per heavy atom. The first-order valence-corrected chi connectivity index (χ1v) is 7.04. The maximum atomic E-state index is 5.59. The number of benzene rings is 1. The second-order valence-corrected chi connectivity index (χ2v) is 5.02. The quantitative estimate of drug-likeness (QED) is 0.679. The maximum absolute atomic E-state index is 5.59. The van der Waals surface area contributed by atoms with Gasteiger partial charge in [0.1, 0.15) is 0 Å². The molecule has 1 N–H and O–H groups in total. The van der Waals surface area contributed by atoms with E-state index in [0.717, 1.165) is 39.0 Å². The number of hydrogen-bond acceptors (Lipinski definition) is 2. The summed E-state index contributed by atoms with van der Waals surface area (Å²) in [6.07, 6.45) is 3.38. The van der Waals surface area contributed by atoms with Crippen LogP contribution < -0.4 is 5.32 Å². The molecule has 0 saturated carbocycles. The Labute approximate surface area is 112 Å². The van der Waals surface area contributed by atoms with Crippen LogP contribution in [0.5, 0.6) is 0 Å². The molecule has 0 saturated heterocycles. The van der Waals surface area contributed by atoms with Gasteiger partial charge in [-0.05, 0) is 51.3 Å². The minimum Gasteiger partial charge on any atom is -0.381 e. The molecule has 0 aliphatic carbocycles. The molecule has 0 heterocycles. The van der Waals surface area contributed by atoms with Crippen molar-refractivity contribution in [1.29, 1.82) is 0 Å². The Balaban J connectivity index is 2.41. The zero-order valence-corrected chi connectivity index (χ0v) is 12.0. The molecular formula is C16H27NO. The minimum absolute atomic E-state index is 0.661. The van der Waals surface area contributed by atoms with Gasteiger partial charge >= 0.3 is 0 Å². The molecule has 0 radical (unpaired) electrons.